The van der Waals surface area contributed by atoms with E-state index in [0.717, 1.165) is 0 Å². The Balaban J connectivity index is 2.75. The molecule has 0 atom stereocenters. The van der Waals surface area contributed by atoms with Crippen LogP contribution in [0, 0.1) is 0 Å². The Morgan fingerprint density at radius 1 is 1.33 bits per heavy atom. The minimum atomic E-state index is -3.39. The lowest BCUT2D eigenvalue weighted by Crippen LogP contribution is -2.17. The lowest BCUT2D eigenvalue weighted by Gasteiger charge is -2.09. The number of carbonyl (C=O) groups excluding carboxylic acids is 1. The molecule has 0 radical (unpaired) electrons. The Bertz CT molecular complexity index is 517. The van der Waals surface area contributed by atoms with E-state index in [9.17, 15) is 13.2 Å². The summed E-state index contributed by atoms with van der Waals surface area (Å²) in [6, 6.07) is 6.51. The van der Waals surface area contributed by atoms with Crippen LogP contribution in [0.4, 0.5) is 11.4 Å². The van der Waals surface area contributed by atoms with E-state index in [2.05, 4.69) is 10.0 Å². The predicted molar refractivity (Wildman–Crippen MR) is 73.5 cm³/mol. The number of hydrogen-bond donors (Lipinski definition) is 2. The van der Waals surface area contributed by atoms with Gasteiger partial charge in [-0.25, -0.2) is 8.42 Å². The van der Waals surface area contributed by atoms with Gasteiger partial charge in [0.15, 0.2) is 0 Å². The molecule has 0 saturated heterocycles. The van der Waals surface area contributed by atoms with Gasteiger partial charge in [0.25, 0.3) is 0 Å². The Morgan fingerprint density at radius 3 is 2.61 bits per heavy atom. The number of benzene rings is 1. The van der Waals surface area contributed by atoms with E-state index in [1.54, 1.807) is 24.3 Å². The molecule has 1 aromatic rings. The molecule has 1 aromatic carbocycles. The molecule has 100 valence electrons. The van der Waals surface area contributed by atoms with Crippen molar-refractivity contribution in [2.24, 2.45) is 0 Å². The van der Waals surface area contributed by atoms with Crippen LogP contribution in [0.5, 0.6) is 0 Å². The number of anilines is 2. The summed E-state index contributed by atoms with van der Waals surface area (Å²) in [6.07, 6.45) is 0.391. The van der Waals surface area contributed by atoms with Crippen LogP contribution in [-0.4, -0.2) is 26.0 Å². The van der Waals surface area contributed by atoms with Crippen LogP contribution in [-0.2, 0) is 14.8 Å². The molecule has 0 fully saturated rings. The zero-order chi connectivity index (χ0) is 13.6. The third-order valence-corrected chi connectivity index (χ3v) is 3.64. The average molecular weight is 291 g/mol. The SMILES string of the molecule is CC(=O)Nc1cccc(NS(=O)(=O)CCCCl)c1. The van der Waals surface area contributed by atoms with Crippen LogP contribution >= 0.6 is 11.6 Å². The van der Waals surface area contributed by atoms with Gasteiger partial charge in [-0.05, 0) is 24.6 Å². The molecular formula is C11H15ClN2O3S. The molecule has 0 aliphatic rings. The lowest BCUT2D eigenvalue weighted by atomic mass is 10.3. The summed E-state index contributed by atoms with van der Waals surface area (Å²) in [6.45, 7) is 1.39. The van der Waals surface area contributed by atoms with Crippen molar-refractivity contribution in [2.45, 2.75) is 13.3 Å². The number of amides is 1. The van der Waals surface area contributed by atoms with Crippen molar-refractivity contribution in [3.8, 4) is 0 Å². The Kier molecular flexibility index (Phi) is 5.43. The summed E-state index contributed by atoms with van der Waals surface area (Å²) in [7, 11) is -3.39. The molecule has 1 amide bonds. The summed E-state index contributed by atoms with van der Waals surface area (Å²) >= 11 is 5.45. The predicted octanol–water partition coefficient (Wildman–Crippen LogP) is 2.02. The van der Waals surface area contributed by atoms with Gasteiger partial charge < -0.3 is 5.32 Å². The first-order chi connectivity index (χ1) is 8.43. The fraction of sp³-hybridized carbons (Fsp3) is 0.364. The minimum absolute atomic E-state index is 0.0269. The molecule has 0 heterocycles. The molecule has 0 aromatic heterocycles. The number of hydrogen-bond acceptors (Lipinski definition) is 3. The summed E-state index contributed by atoms with van der Waals surface area (Å²) in [5.74, 6) is 0.0606. The van der Waals surface area contributed by atoms with Gasteiger partial charge in [0.1, 0.15) is 0 Å². The van der Waals surface area contributed by atoms with E-state index in [-0.39, 0.29) is 11.7 Å². The fourth-order valence-electron chi connectivity index (χ4n) is 1.34. The molecule has 0 unspecified atom stereocenters. The van der Waals surface area contributed by atoms with Crippen LogP contribution in [0.25, 0.3) is 0 Å². The standard InChI is InChI=1S/C11H15ClN2O3S/c1-9(15)13-10-4-2-5-11(8-10)14-18(16,17)7-3-6-12/h2,4-5,8,14H,3,6-7H2,1H3,(H,13,15). The van der Waals surface area contributed by atoms with Gasteiger partial charge in [-0.1, -0.05) is 6.07 Å². The Hall–Kier alpha value is -1.27. The number of halogens is 1. The van der Waals surface area contributed by atoms with Crippen molar-refractivity contribution >= 4 is 38.9 Å². The summed E-state index contributed by atoms with van der Waals surface area (Å²) in [5.41, 5.74) is 0.955. The van der Waals surface area contributed by atoms with E-state index >= 15 is 0 Å². The number of rotatable bonds is 6. The van der Waals surface area contributed by atoms with Crippen molar-refractivity contribution in [2.75, 3.05) is 21.7 Å². The van der Waals surface area contributed by atoms with Crippen molar-refractivity contribution < 1.29 is 13.2 Å². The molecule has 0 aliphatic carbocycles. The number of alkyl halides is 1. The van der Waals surface area contributed by atoms with Crippen molar-refractivity contribution in [1.29, 1.82) is 0 Å². The monoisotopic (exact) mass is 290 g/mol. The van der Waals surface area contributed by atoms with Gasteiger partial charge in [-0.2, -0.15) is 0 Å². The Labute approximate surface area is 112 Å². The highest BCUT2D eigenvalue weighted by Gasteiger charge is 2.10. The van der Waals surface area contributed by atoms with Gasteiger partial charge in [-0.15, -0.1) is 11.6 Å². The zero-order valence-corrected chi connectivity index (χ0v) is 11.5. The third-order valence-electron chi connectivity index (χ3n) is 2.00. The van der Waals surface area contributed by atoms with E-state index in [1.165, 1.54) is 6.92 Å². The first-order valence-corrected chi connectivity index (χ1v) is 7.56. The largest absolute Gasteiger partial charge is 0.326 e. The highest BCUT2D eigenvalue weighted by atomic mass is 35.5. The Morgan fingerprint density at radius 2 is 2.00 bits per heavy atom. The van der Waals surface area contributed by atoms with Crippen LogP contribution < -0.4 is 10.0 Å². The summed E-state index contributed by atoms with van der Waals surface area (Å²) in [4.78, 5) is 10.9. The second-order valence-electron chi connectivity index (χ2n) is 3.73. The molecule has 2 N–H and O–H groups in total. The summed E-state index contributed by atoms with van der Waals surface area (Å²) < 4.78 is 25.7. The smallest absolute Gasteiger partial charge is 0.232 e. The van der Waals surface area contributed by atoms with Gasteiger partial charge in [0, 0.05) is 18.5 Å². The second kappa shape index (κ2) is 6.61. The van der Waals surface area contributed by atoms with E-state index < -0.39 is 10.0 Å². The van der Waals surface area contributed by atoms with Crippen LogP contribution in [0.3, 0.4) is 0 Å². The maximum Gasteiger partial charge on any atom is 0.232 e. The van der Waals surface area contributed by atoms with Gasteiger partial charge in [0.2, 0.25) is 15.9 Å². The van der Waals surface area contributed by atoms with E-state index in [1.807, 2.05) is 0 Å². The average Bonchev–Trinajstić information content (AvgIpc) is 2.25. The third kappa shape index (κ3) is 5.37. The van der Waals surface area contributed by atoms with E-state index in [4.69, 9.17) is 11.6 Å². The topological polar surface area (TPSA) is 75.3 Å². The first kappa shape index (κ1) is 14.8. The van der Waals surface area contributed by atoms with Gasteiger partial charge in [-0.3, -0.25) is 9.52 Å². The van der Waals surface area contributed by atoms with Crippen LogP contribution in [0.15, 0.2) is 24.3 Å². The van der Waals surface area contributed by atoms with Gasteiger partial charge in [0.05, 0.1) is 11.4 Å². The first-order valence-electron chi connectivity index (χ1n) is 5.37. The molecule has 1 rings (SSSR count). The van der Waals surface area contributed by atoms with Crippen molar-refractivity contribution in [3.63, 3.8) is 0 Å². The summed E-state index contributed by atoms with van der Waals surface area (Å²) in [5, 5.41) is 2.58. The highest BCUT2D eigenvalue weighted by molar-refractivity contribution is 7.92. The number of carbonyl (C=O) groups is 1. The van der Waals surface area contributed by atoms with Crippen molar-refractivity contribution in [1.82, 2.24) is 0 Å². The zero-order valence-electron chi connectivity index (χ0n) is 9.94. The maximum atomic E-state index is 11.6. The molecule has 7 heteroatoms. The normalized spacial score (nSPS) is 11.0. The molecule has 0 spiro atoms. The molecule has 18 heavy (non-hydrogen) atoms. The maximum absolute atomic E-state index is 11.6. The second-order valence-corrected chi connectivity index (χ2v) is 5.95. The molecular weight excluding hydrogens is 276 g/mol. The molecule has 0 saturated carbocycles. The van der Waals surface area contributed by atoms with Crippen LogP contribution in [0.2, 0.25) is 0 Å². The molecule has 0 bridgehead atoms. The number of sulfonamides is 1. The highest BCUT2D eigenvalue weighted by Crippen LogP contribution is 2.16. The quantitative estimate of drug-likeness (QED) is 0.787. The fourth-order valence-corrected chi connectivity index (χ4v) is 2.74. The molecule has 0 aliphatic heterocycles. The van der Waals surface area contributed by atoms with Crippen LogP contribution in [0.1, 0.15) is 13.3 Å². The lowest BCUT2D eigenvalue weighted by molar-refractivity contribution is -0.114. The van der Waals surface area contributed by atoms with E-state index in [0.29, 0.717) is 23.7 Å². The molecule has 5 nitrogen and oxygen atoms in total. The van der Waals surface area contributed by atoms with Gasteiger partial charge >= 0.3 is 0 Å². The minimum Gasteiger partial charge on any atom is -0.326 e. The number of nitrogens with one attached hydrogen (secondary N) is 2. The van der Waals surface area contributed by atoms with Crippen molar-refractivity contribution in [3.05, 3.63) is 24.3 Å².